The molecule has 0 radical (unpaired) electrons. The van der Waals surface area contributed by atoms with E-state index in [-0.39, 0.29) is 0 Å². The lowest BCUT2D eigenvalue weighted by Crippen LogP contribution is -2.31. The second-order valence-corrected chi connectivity index (χ2v) is 4.53. The van der Waals surface area contributed by atoms with Gasteiger partial charge in [0.15, 0.2) is 0 Å². The summed E-state index contributed by atoms with van der Waals surface area (Å²) in [6, 6.07) is 2.79. The van der Waals surface area contributed by atoms with Gasteiger partial charge in [0.1, 0.15) is 0 Å². The molecule has 4 heteroatoms. The maximum atomic E-state index is 4.18. The SMILES string of the molecule is Cn1nccc1CCNC1CCCNCC1. The highest BCUT2D eigenvalue weighted by Gasteiger charge is 2.10. The third-order valence-electron chi connectivity index (χ3n) is 3.31. The molecule has 1 atom stereocenters. The average molecular weight is 222 g/mol. The second kappa shape index (κ2) is 6.01. The largest absolute Gasteiger partial charge is 0.317 e. The van der Waals surface area contributed by atoms with Gasteiger partial charge >= 0.3 is 0 Å². The van der Waals surface area contributed by atoms with Crippen LogP contribution in [0.15, 0.2) is 12.3 Å². The summed E-state index contributed by atoms with van der Waals surface area (Å²) in [5.74, 6) is 0. The Balaban J connectivity index is 1.69. The minimum atomic E-state index is 0.697. The van der Waals surface area contributed by atoms with Crippen molar-refractivity contribution in [3.8, 4) is 0 Å². The van der Waals surface area contributed by atoms with E-state index in [1.54, 1.807) is 0 Å². The highest BCUT2D eigenvalue weighted by Crippen LogP contribution is 2.05. The molecule has 16 heavy (non-hydrogen) atoms. The van der Waals surface area contributed by atoms with Crippen molar-refractivity contribution in [2.45, 2.75) is 31.7 Å². The zero-order valence-electron chi connectivity index (χ0n) is 10.1. The summed E-state index contributed by atoms with van der Waals surface area (Å²) >= 11 is 0. The molecule has 0 saturated carbocycles. The molecular weight excluding hydrogens is 200 g/mol. The van der Waals surface area contributed by atoms with Crippen LogP contribution in [-0.2, 0) is 13.5 Å². The normalized spacial score (nSPS) is 21.9. The maximum absolute atomic E-state index is 4.18. The van der Waals surface area contributed by atoms with Crippen LogP contribution < -0.4 is 10.6 Å². The van der Waals surface area contributed by atoms with Gasteiger partial charge in [0, 0.05) is 37.9 Å². The van der Waals surface area contributed by atoms with Gasteiger partial charge < -0.3 is 10.6 Å². The van der Waals surface area contributed by atoms with Gasteiger partial charge in [-0.05, 0) is 38.4 Å². The zero-order valence-corrected chi connectivity index (χ0v) is 10.1. The number of hydrogen-bond acceptors (Lipinski definition) is 3. The first-order chi connectivity index (χ1) is 7.86. The van der Waals surface area contributed by atoms with Gasteiger partial charge in [-0.3, -0.25) is 4.68 Å². The number of rotatable bonds is 4. The van der Waals surface area contributed by atoms with Crippen LogP contribution in [0, 0.1) is 0 Å². The molecule has 0 aliphatic carbocycles. The number of aromatic nitrogens is 2. The van der Waals surface area contributed by atoms with E-state index in [1.807, 2.05) is 17.9 Å². The molecule has 4 nitrogen and oxygen atoms in total. The van der Waals surface area contributed by atoms with Crippen LogP contribution in [-0.4, -0.2) is 35.5 Å². The Labute approximate surface area is 97.4 Å². The Kier molecular flexibility index (Phi) is 4.36. The van der Waals surface area contributed by atoms with Crippen molar-refractivity contribution in [3.05, 3.63) is 18.0 Å². The quantitative estimate of drug-likeness (QED) is 0.788. The number of hydrogen-bond donors (Lipinski definition) is 2. The van der Waals surface area contributed by atoms with E-state index >= 15 is 0 Å². The predicted octanol–water partition coefficient (Wildman–Crippen LogP) is 0.694. The summed E-state index contributed by atoms with van der Waals surface area (Å²) in [6.07, 6.45) is 6.79. The molecule has 0 spiro atoms. The van der Waals surface area contributed by atoms with E-state index in [0.29, 0.717) is 6.04 Å². The van der Waals surface area contributed by atoms with Gasteiger partial charge in [-0.2, -0.15) is 5.10 Å². The molecule has 90 valence electrons. The predicted molar refractivity (Wildman–Crippen MR) is 65.4 cm³/mol. The minimum absolute atomic E-state index is 0.697. The van der Waals surface area contributed by atoms with E-state index in [4.69, 9.17) is 0 Å². The molecule has 2 N–H and O–H groups in total. The lowest BCUT2D eigenvalue weighted by molar-refractivity contribution is 0.469. The summed E-state index contributed by atoms with van der Waals surface area (Å²) in [7, 11) is 2.00. The first kappa shape index (κ1) is 11.6. The number of aryl methyl sites for hydroxylation is 1. The lowest BCUT2D eigenvalue weighted by atomic mass is 10.1. The fraction of sp³-hybridized carbons (Fsp3) is 0.750. The molecule has 1 aliphatic heterocycles. The monoisotopic (exact) mass is 222 g/mol. The molecule has 1 aliphatic rings. The van der Waals surface area contributed by atoms with E-state index in [2.05, 4.69) is 21.8 Å². The van der Waals surface area contributed by atoms with Crippen LogP contribution >= 0.6 is 0 Å². The first-order valence-corrected chi connectivity index (χ1v) is 6.27. The third kappa shape index (κ3) is 3.32. The van der Waals surface area contributed by atoms with Gasteiger partial charge in [0.05, 0.1) is 0 Å². The highest BCUT2D eigenvalue weighted by molar-refractivity contribution is 5.00. The molecule has 1 fully saturated rings. The van der Waals surface area contributed by atoms with Crippen molar-refractivity contribution < 1.29 is 0 Å². The van der Waals surface area contributed by atoms with E-state index in [1.165, 1.54) is 31.5 Å². The molecule has 0 bridgehead atoms. The summed E-state index contributed by atoms with van der Waals surface area (Å²) < 4.78 is 1.95. The highest BCUT2D eigenvalue weighted by atomic mass is 15.3. The van der Waals surface area contributed by atoms with Gasteiger partial charge in [0.25, 0.3) is 0 Å². The molecule has 1 aromatic rings. The Bertz CT molecular complexity index is 300. The fourth-order valence-electron chi connectivity index (χ4n) is 2.27. The second-order valence-electron chi connectivity index (χ2n) is 4.53. The van der Waals surface area contributed by atoms with Crippen molar-refractivity contribution in [2.24, 2.45) is 7.05 Å². The van der Waals surface area contributed by atoms with Crippen LogP contribution in [0.1, 0.15) is 25.0 Å². The van der Waals surface area contributed by atoms with Crippen molar-refractivity contribution >= 4 is 0 Å². The van der Waals surface area contributed by atoms with Crippen molar-refractivity contribution in [1.29, 1.82) is 0 Å². The van der Waals surface area contributed by atoms with Gasteiger partial charge in [-0.25, -0.2) is 0 Å². The van der Waals surface area contributed by atoms with Crippen LogP contribution in [0.3, 0.4) is 0 Å². The van der Waals surface area contributed by atoms with Gasteiger partial charge in [-0.15, -0.1) is 0 Å². The summed E-state index contributed by atoms with van der Waals surface area (Å²) in [5, 5.41) is 11.3. The van der Waals surface area contributed by atoms with E-state index < -0.39 is 0 Å². The molecule has 1 aromatic heterocycles. The third-order valence-corrected chi connectivity index (χ3v) is 3.31. The van der Waals surface area contributed by atoms with Crippen LogP contribution in [0.2, 0.25) is 0 Å². The van der Waals surface area contributed by atoms with Crippen LogP contribution in [0.25, 0.3) is 0 Å². The zero-order chi connectivity index (χ0) is 11.2. The summed E-state index contributed by atoms with van der Waals surface area (Å²) in [4.78, 5) is 0. The number of nitrogens with one attached hydrogen (secondary N) is 2. The standard InChI is InChI=1S/C12H22N4/c1-16-12(6-10-15-16)5-9-14-11-3-2-7-13-8-4-11/h6,10-11,13-14H,2-5,7-9H2,1H3. The summed E-state index contributed by atoms with van der Waals surface area (Å²) in [5.41, 5.74) is 1.30. The van der Waals surface area contributed by atoms with Crippen molar-refractivity contribution in [1.82, 2.24) is 20.4 Å². The smallest absolute Gasteiger partial charge is 0.0492 e. The van der Waals surface area contributed by atoms with Crippen molar-refractivity contribution in [2.75, 3.05) is 19.6 Å². The average Bonchev–Trinajstić information content (AvgIpc) is 2.55. The molecule has 1 unspecified atom stereocenters. The number of nitrogens with zero attached hydrogens (tertiary/aromatic N) is 2. The van der Waals surface area contributed by atoms with Gasteiger partial charge in [0.2, 0.25) is 0 Å². The molecule has 0 amide bonds. The molecule has 0 aromatic carbocycles. The first-order valence-electron chi connectivity index (χ1n) is 6.27. The Morgan fingerprint density at radius 3 is 3.25 bits per heavy atom. The van der Waals surface area contributed by atoms with E-state index in [0.717, 1.165) is 19.5 Å². The lowest BCUT2D eigenvalue weighted by Gasteiger charge is -2.15. The van der Waals surface area contributed by atoms with Crippen molar-refractivity contribution in [3.63, 3.8) is 0 Å². The molecule has 1 saturated heterocycles. The Hall–Kier alpha value is -0.870. The Morgan fingerprint density at radius 1 is 1.50 bits per heavy atom. The molecular formula is C12H22N4. The fourth-order valence-corrected chi connectivity index (χ4v) is 2.27. The molecule has 2 heterocycles. The van der Waals surface area contributed by atoms with Crippen LogP contribution in [0.5, 0.6) is 0 Å². The molecule has 2 rings (SSSR count). The topological polar surface area (TPSA) is 41.9 Å². The van der Waals surface area contributed by atoms with Crippen LogP contribution in [0.4, 0.5) is 0 Å². The van der Waals surface area contributed by atoms with Gasteiger partial charge in [-0.1, -0.05) is 0 Å². The minimum Gasteiger partial charge on any atom is -0.317 e. The maximum Gasteiger partial charge on any atom is 0.0492 e. The van der Waals surface area contributed by atoms with E-state index in [9.17, 15) is 0 Å². The Morgan fingerprint density at radius 2 is 2.44 bits per heavy atom. The summed E-state index contributed by atoms with van der Waals surface area (Å²) in [6.45, 7) is 3.40.